The van der Waals surface area contributed by atoms with Gasteiger partial charge < -0.3 is 24.8 Å². The molecule has 2 aromatic carbocycles. The largest absolute Gasteiger partial charge is 0.490 e. The van der Waals surface area contributed by atoms with Crippen molar-refractivity contribution in [2.24, 2.45) is 0 Å². The van der Waals surface area contributed by atoms with Crippen molar-refractivity contribution >= 4 is 17.5 Å². The molecule has 160 valence electrons. The molecule has 0 heterocycles. The Hall–Kier alpha value is -3.22. The van der Waals surface area contributed by atoms with Gasteiger partial charge in [-0.1, -0.05) is 6.07 Å². The second-order valence-corrected chi connectivity index (χ2v) is 6.88. The summed E-state index contributed by atoms with van der Waals surface area (Å²) in [6.07, 6.45) is 2.04. The molecule has 0 aliphatic heterocycles. The number of hydrogen-bond acceptors (Lipinski definition) is 5. The minimum Gasteiger partial charge on any atom is -0.490 e. The van der Waals surface area contributed by atoms with Crippen molar-refractivity contribution in [2.45, 2.75) is 39.7 Å². The standard InChI is InChI=1S/C23H28N2O5/c1-4-28-19-13-16(14-20(29-5-2)21(19)30-6-3)23(27)25-18-9-7-8-15(12-18)22(26)24-17-10-11-17/h7-9,12-14,17H,4-6,10-11H2,1-3H3,(H,24,26)(H,25,27). The first-order valence-corrected chi connectivity index (χ1v) is 10.3. The molecule has 0 bridgehead atoms. The Kier molecular flexibility index (Phi) is 7.17. The predicted octanol–water partition coefficient (Wildman–Crippen LogP) is 4.03. The minimum absolute atomic E-state index is 0.132. The number of nitrogens with one attached hydrogen (secondary N) is 2. The smallest absolute Gasteiger partial charge is 0.255 e. The van der Waals surface area contributed by atoms with Gasteiger partial charge in [0.2, 0.25) is 5.75 Å². The van der Waals surface area contributed by atoms with Gasteiger partial charge in [-0.2, -0.15) is 0 Å². The third kappa shape index (κ3) is 5.43. The van der Waals surface area contributed by atoms with E-state index in [1.54, 1.807) is 36.4 Å². The van der Waals surface area contributed by atoms with Crippen LogP contribution in [-0.4, -0.2) is 37.7 Å². The molecule has 2 N–H and O–H groups in total. The minimum atomic E-state index is -0.334. The second-order valence-electron chi connectivity index (χ2n) is 6.88. The number of carbonyl (C=O) groups excluding carboxylic acids is 2. The van der Waals surface area contributed by atoms with Crippen molar-refractivity contribution in [2.75, 3.05) is 25.1 Å². The lowest BCUT2D eigenvalue weighted by Crippen LogP contribution is -2.25. The molecule has 7 heteroatoms. The maximum absolute atomic E-state index is 12.9. The van der Waals surface area contributed by atoms with Crippen LogP contribution in [0.1, 0.15) is 54.3 Å². The third-order valence-corrected chi connectivity index (χ3v) is 4.47. The van der Waals surface area contributed by atoms with Gasteiger partial charge in [-0.05, 0) is 63.9 Å². The van der Waals surface area contributed by atoms with E-state index in [2.05, 4.69) is 10.6 Å². The van der Waals surface area contributed by atoms with Gasteiger partial charge in [0, 0.05) is 22.9 Å². The van der Waals surface area contributed by atoms with Gasteiger partial charge in [0.15, 0.2) is 11.5 Å². The monoisotopic (exact) mass is 412 g/mol. The molecule has 1 saturated carbocycles. The van der Waals surface area contributed by atoms with E-state index < -0.39 is 0 Å². The highest BCUT2D eigenvalue weighted by Crippen LogP contribution is 2.39. The fourth-order valence-corrected chi connectivity index (χ4v) is 2.96. The molecule has 0 radical (unpaired) electrons. The maximum Gasteiger partial charge on any atom is 0.255 e. The van der Waals surface area contributed by atoms with Crippen LogP contribution in [0.5, 0.6) is 17.2 Å². The lowest BCUT2D eigenvalue weighted by molar-refractivity contribution is 0.0949. The molecule has 0 atom stereocenters. The van der Waals surface area contributed by atoms with Crippen molar-refractivity contribution in [3.63, 3.8) is 0 Å². The molecule has 0 saturated heterocycles. The predicted molar refractivity (Wildman–Crippen MR) is 115 cm³/mol. The Morgan fingerprint density at radius 1 is 0.867 bits per heavy atom. The summed E-state index contributed by atoms with van der Waals surface area (Å²) in [7, 11) is 0. The van der Waals surface area contributed by atoms with Crippen LogP contribution in [-0.2, 0) is 0 Å². The fourth-order valence-electron chi connectivity index (χ4n) is 2.96. The number of anilines is 1. The zero-order valence-electron chi connectivity index (χ0n) is 17.6. The Morgan fingerprint density at radius 2 is 1.50 bits per heavy atom. The molecular weight excluding hydrogens is 384 g/mol. The van der Waals surface area contributed by atoms with Gasteiger partial charge in [0.1, 0.15) is 0 Å². The van der Waals surface area contributed by atoms with E-state index in [9.17, 15) is 9.59 Å². The van der Waals surface area contributed by atoms with Gasteiger partial charge in [0.25, 0.3) is 11.8 Å². The molecule has 1 aliphatic carbocycles. The van der Waals surface area contributed by atoms with Crippen LogP contribution >= 0.6 is 0 Å². The zero-order valence-corrected chi connectivity index (χ0v) is 17.6. The second kappa shape index (κ2) is 10.0. The van der Waals surface area contributed by atoms with Crippen molar-refractivity contribution in [1.82, 2.24) is 5.32 Å². The van der Waals surface area contributed by atoms with E-state index in [1.165, 1.54) is 0 Å². The van der Waals surface area contributed by atoms with E-state index in [0.29, 0.717) is 53.9 Å². The van der Waals surface area contributed by atoms with Gasteiger partial charge in [-0.25, -0.2) is 0 Å². The Bertz CT molecular complexity index is 881. The quantitative estimate of drug-likeness (QED) is 0.615. The summed E-state index contributed by atoms with van der Waals surface area (Å²) in [5.41, 5.74) is 1.42. The molecular formula is C23H28N2O5. The SMILES string of the molecule is CCOc1cc(C(=O)Nc2cccc(C(=O)NC3CC3)c2)cc(OCC)c1OCC. The summed E-state index contributed by atoms with van der Waals surface area (Å²) in [6, 6.07) is 10.4. The first kappa shape index (κ1) is 21.5. The first-order chi connectivity index (χ1) is 14.5. The van der Waals surface area contributed by atoms with Crippen LogP contribution in [0.4, 0.5) is 5.69 Å². The van der Waals surface area contributed by atoms with E-state index in [0.717, 1.165) is 12.8 Å². The molecule has 30 heavy (non-hydrogen) atoms. The molecule has 1 aliphatic rings. The summed E-state index contributed by atoms with van der Waals surface area (Å²) in [5, 5.41) is 5.79. The van der Waals surface area contributed by atoms with Crippen molar-refractivity contribution in [3.8, 4) is 17.2 Å². The van der Waals surface area contributed by atoms with Crippen LogP contribution in [0.25, 0.3) is 0 Å². The van der Waals surface area contributed by atoms with Crippen LogP contribution in [0.2, 0.25) is 0 Å². The topological polar surface area (TPSA) is 85.9 Å². The van der Waals surface area contributed by atoms with Gasteiger partial charge in [-0.15, -0.1) is 0 Å². The molecule has 7 nitrogen and oxygen atoms in total. The summed E-state index contributed by atoms with van der Waals surface area (Å²) >= 11 is 0. The number of carbonyl (C=O) groups is 2. The van der Waals surface area contributed by atoms with Crippen LogP contribution in [0, 0.1) is 0 Å². The highest BCUT2D eigenvalue weighted by Gasteiger charge is 2.24. The molecule has 2 amide bonds. The number of amides is 2. The number of rotatable bonds is 10. The molecule has 1 fully saturated rings. The molecule has 0 spiro atoms. The molecule has 2 aromatic rings. The summed E-state index contributed by atoms with van der Waals surface area (Å²) in [5.74, 6) is 0.921. The van der Waals surface area contributed by atoms with E-state index in [4.69, 9.17) is 14.2 Å². The molecule has 0 unspecified atom stereocenters. The highest BCUT2D eigenvalue weighted by molar-refractivity contribution is 6.06. The average molecular weight is 412 g/mol. The van der Waals surface area contributed by atoms with Crippen LogP contribution in [0.15, 0.2) is 36.4 Å². The molecule has 0 aromatic heterocycles. The average Bonchev–Trinajstić information content (AvgIpc) is 3.54. The molecule has 3 rings (SSSR count). The van der Waals surface area contributed by atoms with Crippen LogP contribution < -0.4 is 24.8 Å². The van der Waals surface area contributed by atoms with Crippen molar-refractivity contribution in [3.05, 3.63) is 47.5 Å². The summed E-state index contributed by atoms with van der Waals surface area (Å²) < 4.78 is 17.0. The zero-order chi connectivity index (χ0) is 21.5. The van der Waals surface area contributed by atoms with Gasteiger partial charge in [0.05, 0.1) is 19.8 Å². The number of benzene rings is 2. The van der Waals surface area contributed by atoms with Crippen molar-refractivity contribution < 1.29 is 23.8 Å². The highest BCUT2D eigenvalue weighted by atomic mass is 16.5. The number of ether oxygens (including phenoxy) is 3. The normalized spacial score (nSPS) is 12.8. The number of hydrogen-bond donors (Lipinski definition) is 2. The van der Waals surface area contributed by atoms with E-state index in [1.807, 2.05) is 20.8 Å². The maximum atomic E-state index is 12.9. The lowest BCUT2D eigenvalue weighted by Gasteiger charge is -2.17. The van der Waals surface area contributed by atoms with Gasteiger partial charge in [-0.3, -0.25) is 9.59 Å². The fraction of sp³-hybridized carbons (Fsp3) is 0.391. The Labute approximate surface area is 176 Å². The summed E-state index contributed by atoms with van der Waals surface area (Å²) in [4.78, 5) is 25.2. The third-order valence-electron chi connectivity index (χ3n) is 4.47. The lowest BCUT2D eigenvalue weighted by atomic mass is 10.1. The first-order valence-electron chi connectivity index (χ1n) is 10.3. The van der Waals surface area contributed by atoms with E-state index >= 15 is 0 Å². The van der Waals surface area contributed by atoms with E-state index in [-0.39, 0.29) is 17.9 Å². The Morgan fingerprint density at radius 3 is 2.07 bits per heavy atom. The van der Waals surface area contributed by atoms with Crippen molar-refractivity contribution in [1.29, 1.82) is 0 Å². The van der Waals surface area contributed by atoms with Crippen LogP contribution in [0.3, 0.4) is 0 Å². The Balaban J connectivity index is 1.82. The van der Waals surface area contributed by atoms with Gasteiger partial charge >= 0.3 is 0 Å². The summed E-state index contributed by atoms with van der Waals surface area (Å²) in [6.45, 7) is 6.89.